The molecule has 1 aliphatic rings. The first-order valence-electron chi connectivity index (χ1n) is 7.35. The number of hydrogen-bond donors (Lipinski definition) is 1. The summed E-state index contributed by atoms with van der Waals surface area (Å²) in [4.78, 5) is 14.6. The zero-order chi connectivity index (χ0) is 14.5. The van der Waals surface area contributed by atoms with Gasteiger partial charge in [-0.1, -0.05) is 17.7 Å². The number of nitrogens with one attached hydrogen (secondary N) is 1. The molecule has 1 N–H and O–H groups in total. The Hall–Kier alpha value is -1.06. The van der Waals surface area contributed by atoms with Crippen LogP contribution in [-0.4, -0.2) is 36.5 Å². The van der Waals surface area contributed by atoms with Crippen LogP contribution in [0, 0.1) is 5.92 Å². The zero-order valence-electron chi connectivity index (χ0n) is 12.2. The third-order valence-electron chi connectivity index (χ3n) is 3.81. The van der Waals surface area contributed by atoms with E-state index >= 15 is 0 Å². The fraction of sp³-hybridized carbons (Fsp3) is 0.562. The van der Waals surface area contributed by atoms with Crippen LogP contribution in [0.1, 0.15) is 37.0 Å². The first-order chi connectivity index (χ1) is 9.58. The van der Waals surface area contributed by atoms with Gasteiger partial charge in [0.1, 0.15) is 0 Å². The van der Waals surface area contributed by atoms with Crippen LogP contribution in [0.3, 0.4) is 0 Å². The van der Waals surface area contributed by atoms with Crippen LogP contribution in [0.2, 0.25) is 5.02 Å². The second kappa shape index (κ2) is 7.09. The number of piperidine rings is 1. The van der Waals surface area contributed by atoms with E-state index in [1.807, 2.05) is 17.0 Å². The maximum atomic E-state index is 12.7. The molecule has 4 heteroatoms. The number of rotatable bonds is 4. The van der Waals surface area contributed by atoms with Gasteiger partial charge in [0, 0.05) is 23.2 Å². The molecule has 0 aliphatic carbocycles. The maximum Gasteiger partial charge on any atom is 0.254 e. The van der Waals surface area contributed by atoms with E-state index in [9.17, 15) is 4.79 Å². The Morgan fingerprint density at radius 1 is 1.50 bits per heavy atom. The van der Waals surface area contributed by atoms with E-state index in [-0.39, 0.29) is 11.9 Å². The van der Waals surface area contributed by atoms with Crippen molar-refractivity contribution in [3.63, 3.8) is 0 Å². The van der Waals surface area contributed by atoms with Crippen molar-refractivity contribution >= 4 is 17.5 Å². The highest BCUT2D eigenvalue weighted by atomic mass is 35.5. The molecular formula is C16H23ClN2O. The van der Waals surface area contributed by atoms with Crippen LogP contribution in [0.4, 0.5) is 0 Å². The highest BCUT2D eigenvalue weighted by Crippen LogP contribution is 2.18. The SMILES string of the molecule is CC(C)N(CC1CCCNC1)C(=O)c1cccc(Cl)c1. The Bertz CT molecular complexity index is 456. The van der Waals surface area contributed by atoms with Gasteiger partial charge in [-0.05, 0) is 63.9 Å². The Morgan fingerprint density at radius 3 is 2.90 bits per heavy atom. The highest BCUT2D eigenvalue weighted by molar-refractivity contribution is 6.30. The standard InChI is InChI=1S/C16H23ClN2O/c1-12(2)19(11-13-5-4-8-18-10-13)16(20)14-6-3-7-15(17)9-14/h3,6-7,9,12-13,18H,4-5,8,10-11H2,1-2H3. The van der Waals surface area contributed by atoms with E-state index in [2.05, 4.69) is 19.2 Å². The molecule has 1 aromatic rings. The van der Waals surface area contributed by atoms with Crippen LogP contribution < -0.4 is 5.32 Å². The molecule has 1 aliphatic heterocycles. The number of benzene rings is 1. The molecule has 1 heterocycles. The van der Waals surface area contributed by atoms with Gasteiger partial charge in [-0.2, -0.15) is 0 Å². The lowest BCUT2D eigenvalue weighted by molar-refractivity contribution is 0.0661. The monoisotopic (exact) mass is 294 g/mol. The fourth-order valence-electron chi connectivity index (χ4n) is 2.67. The third kappa shape index (κ3) is 3.97. The Kier molecular flexibility index (Phi) is 5.44. The van der Waals surface area contributed by atoms with Gasteiger partial charge in [0.15, 0.2) is 0 Å². The molecule has 0 spiro atoms. The Labute approximate surface area is 126 Å². The first kappa shape index (κ1) is 15.3. The fourth-order valence-corrected chi connectivity index (χ4v) is 2.86. The molecule has 20 heavy (non-hydrogen) atoms. The highest BCUT2D eigenvalue weighted by Gasteiger charge is 2.23. The van der Waals surface area contributed by atoms with Gasteiger partial charge in [-0.25, -0.2) is 0 Å². The molecule has 3 nitrogen and oxygen atoms in total. The summed E-state index contributed by atoms with van der Waals surface area (Å²) in [6, 6.07) is 7.41. The number of amides is 1. The molecular weight excluding hydrogens is 272 g/mol. The summed E-state index contributed by atoms with van der Waals surface area (Å²) in [7, 11) is 0. The lowest BCUT2D eigenvalue weighted by Crippen LogP contribution is -2.44. The molecule has 1 saturated heterocycles. The molecule has 1 aromatic carbocycles. The van der Waals surface area contributed by atoms with Crippen molar-refractivity contribution < 1.29 is 4.79 Å². The van der Waals surface area contributed by atoms with E-state index < -0.39 is 0 Å². The van der Waals surface area contributed by atoms with Crippen LogP contribution in [0.15, 0.2) is 24.3 Å². The molecule has 1 amide bonds. The number of hydrogen-bond acceptors (Lipinski definition) is 2. The summed E-state index contributed by atoms with van der Waals surface area (Å²) in [6.07, 6.45) is 2.39. The average Bonchev–Trinajstić information content (AvgIpc) is 2.45. The maximum absolute atomic E-state index is 12.7. The van der Waals surface area contributed by atoms with Crippen molar-refractivity contribution in [3.05, 3.63) is 34.9 Å². The molecule has 1 fully saturated rings. The molecule has 110 valence electrons. The summed E-state index contributed by atoms with van der Waals surface area (Å²) in [5.41, 5.74) is 0.676. The Balaban J connectivity index is 2.09. The van der Waals surface area contributed by atoms with Crippen LogP contribution in [-0.2, 0) is 0 Å². The van der Waals surface area contributed by atoms with Crippen molar-refractivity contribution in [1.82, 2.24) is 10.2 Å². The van der Waals surface area contributed by atoms with E-state index in [1.54, 1.807) is 12.1 Å². The number of carbonyl (C=O) groups excluding carboxylic acids is 1. The quantitative estimate of drug-likeness (QED) is 0.925. The topological polar surface area (TPSA) is 32.3 Å². The first-order valence-corrected chi connectivity index (χ1v) is 7.73. The van der Waals surface area contributed by atoms with Crippen molar-refractivity contribution in [2.24, 2.45) is 5.92 Å². The predicted molar refractivity (Wildman–Crippen MR) is 83.2 cm³/mol. The number of carbonyl (C=O) groups is 1. The van der Waals surface area contributed by atoms with Crippen LogP contribution in [0.25, 0.3) is 0 Å². The minimum absolute atomic E-state index is 0.0769. The van der Waals surface area contributed by atoms with Gasteiger partial charge < -0.3 is 10.2 Å². The van der Waals surface area contributed by atoms with Crippen molar-refractivity contribution in [3.8, 4) is 0 Å². The molecule has 0 radical (unpaired) electrons. The Morgan fingerprint density at radius 2 is 2.30 bits per heavy atom. The summed E-state index contributed by atoms with van der Waals surface area (Å²) in [6.45, 7) is 7.06. The van der Waals surface area contributed by atoms with Crippen molar-refractivity contribution in [2.45, 2.75) is 32.7 Å². The number of nitrogens with zero attached hydrogens (tertiary/aromatic N) is 1. The summed E-state index contributed by atoms with van der Waals surface area (Å²) in [5, 5.41) is 4.02. The smallest absolute Gasteiger partial charge is 0.254 e. The lowest BCUT2D eigenvalue weighted by atomic mass is 9.98. The van der Waals surface area contributed by atoms with Gasteiger partial charge in [-0.3, -0.25) is 4.79 Å². The molecule has 0 saturated carbocycles. The average molecular weight is 295 g/mol. The normalized spacial score (nSPS) is 19.1. The molecule has 2 rings (SSSR count). The minimum Gasteiger partial charge on any atom is -0.336 e. The van der Waals surface area contributed by atoms with Gasteiger partial charge in [0.05, 0.1) is 0 Å². The van der Waals surface area contributed by atoms with Gasteiger partial charge >= 0.3 is 0 Å². The molecule has 0 bridgehead atoms. The van der Waals surface area contributed by atoms with Crippen LogP contribution >= 0.6 is 11.6 Å². The molecule has 0 aromatic heterocycles. The second-order valence-corrected chi connectivity index (χ2v) is 6.21. The van der Waals surface area contributed by atoms with E-state index in [1.165, 1.54) is 12.8 Å². The lowest BCUT2D eigenvalue weighted by Gasteiger charge is -2.33. The summed E-state index contributed by atoms with van der Waals surface area (Å²) >= 11 is 5.98. The van der Waals surface area contributed by atoms with E-state index in [0.29, 0.717) is 16.5 Å². The molecule has 1 atom stereocenters. The van der Waals surface area contributed by atoms with Crippen LogP contribution in [0.5, 0.6) is 0 Å². The summed E-state index contributed by atoms with van der Waals surface area (Å²) < 4.78 is 0. The number of halogens is 1. The van der Waals surface area contributed by atoms with E-state index in [4.69, 9.17) is 11.6 Å². The third-order valence-corrected chi connectivity index (χ3v) is 4.04. The second-order valence-electron chi connectivity index (χ2n) is 5.77. The van der Waals surface area contributed by atoms with E-state index in [0.717, 1.165) is 19.6 Å². The molecule has 1 unspecified atom stereocenters. The minimum atomic E-state index is 0.0769. The largest absolute Gasteiger partial charge is 0.336 e. The summed E-state index contributed by atoms with van der Waals surface area (Å²) in [5.74, 6) is 0.627. The van der Waals surface area contributed by atoms with Crippen molar-refractivity contribution in [2.75, 3.05) is 19.6 Å². The van der Waals surface area contributed by atoms with Gasteiger partial charge in [0.2, 0.25) is 0 Å². The van der Waals surface area contributed by atoms with Gasteiger partial charge in [0.25, 0.3) is 5.91 Å². The van der Waals surface area contributed by atoms with Gasteiger partial charge in [-0.15, -0.1) is 0 Å². The predicted octanol–water partition coefficient (Wildman–Crippen LogP) is 3.19. The van der Waals surface area contributed by atoms with Crippen molar-refractivity contribution in [1.29, 1.82) is 0 Å². The zero-order valence-corrected chi connectivity index (χ0v) is 13.0.